The molecule has 0 heterocycles. The molecule has 0 aliphatic heterocycles. The fourth-order valence-electron chi connectivity index (χ4n) is 2.38. The summed E-state index contributed by atoms with van der Waals surface area (Å²) in [4.78, 5) is 0. The fourth-order valence-corrected chi connectivity index (χ4v) is 2.38. The Morgan fingerprint density at radius 1 is 0.762 bits per heavy atom. The number of aliphatic hydroxyl groups excluding tert-OH is 1. The van der Waals surface area contributed by atoms with E-state index in [1.54, 1.807) is 0 Å². The molecule has 0 unspecified atom stereocenters. The van der Waals surface area contributed by atoms with E-state index in [0.717, 1.165) is 25.1 Å². The Morgan fingerprint density at radius 2 is 1.19 bits per heavy atom. The number of hydrogen-bond acceptors (Lipinski definition) is 2. The number of aliphatic hydroxyl groups is 1. The zero-order valence-electron chi connectivity index (χ0n) is 13.0. The standard InChI is InChI=1S/C19H25NO/c1-15(2)11-16-3-5-17(6-4-16)12-20-13-18-7-9-19(14-21)10-8-18/h3-10,15,20-21H,11-14H2,1-2H3. The molecule has 0 spiro atoms. The second kappa shape index (κ2) is 7.96. The Balaban J connectivity index is 1.79. The molecule has 0 aliphatic carbocycles. The summed E-state index contributed by atoms with van der Waals surface area (Å²) < 4.78 is 0. The van der Waals surface area contributed by atoms with E-state index in [2.05, 4.69) is 55.6 Å². The average Bonchev–Trinajstić information content (AvgIpc) is 2.49. The van der Waals surface area contributed by atoms with Gasteiger partial charge >= 0.3 is 0 Å². The molecule has 0 aliphatic rings. The van der Waals surface area contributed by atoms with Crippen LogP contribution in [0.4, 0.5) is 0 Å². The van der Waals surface area contributed by atoms with Crippen molar-refractivity contribution in [2.75, 3.05) is 0 Å². The lowest BCUT2D eigenvalue weighted by Gasteiger charge is -2.08. The monoisotopic (exact) mass is 283 g/mol. The summed E-state index contributed by atoms with van der Waals surface area (Å²) in [5.74, 6) is 0.705. The van der Waals surface area contributed by atoms with Crippen LogP contribution in [0.3, 0.4) is 0 Å². The first-order chi connectivity index (χ1) is 10.2. The van der Waals surface area contributed by atoms with Gasteiger partial charge in [0.25, 0.3) is 0 Å². The van der Waals surface area contributed by atoms with Gasteiger partial charge in [-0.15, -0.1) is 0 Å². The highest BCUT2D eigenvalue weighted by atomic mass is 16.3. The van der Waals surface area contributed by atoms with Crippen molar-refractivity contribution in [2.45, 2.75) is 40.0 Å². The Kier molecular flexibility index (Phi) is 5.97. The lowest BCUT2D eigenvalue weighted by Crippen LogP contribution is -2.12. The highest BCUT2D eigenvalue weighted by Gasteiger charge is 1.99. The van der Waals surface area contributed by atoms with Crippen molar-refractivity contribution < 1.29 is 5.11 Å². The minimum Gasteiger partial charge on any atom is -0.392 e. The number of hydrogen-bond donors (Lipinski definition) is 2. The Bertz CT molecular complexity index is 528. The van der Waals surface area contributed by atoms with Gasteiger partial charge in [-0.1, -0.05) is 62.4 Å². The summed E-state index contributed by atoms with van der Waals surface area (Å²) in [6.07, 6.45) is 1.14. The third-order valence-electron chi connectivity index (χ3n) is 3.53. The van der Waals surface area contributed by atoms with Crippen LogP contribution in [0, 0.1) is 5.92 Å². The zero-order valence-corrected chi connectivity index (χ0v) is 13.0. The summed E-state index contributed by atoms with van der Waals surface area (Å²) in [6, 6.07) is 16.9. The first-order valence-electron chi connectivity index (χ1n) is 7.64. The van der Waals surface area contributed by atoms with Crippen LogP contribution in [0.5, 0.6) is 0 Å². The van der Waals surface area contributed by atoms with Crippen LogP contribution in [0.25, 0.3) is 0 Å². The van der Waals surface area contributed by atoms with Gasteiger partial charge in [0.05, 0.1) is 6.61 Å². The van der Waals surface area contributed by atoms with Gasteiger partial charge in [0.15, 0.2) is 0 Å². The molecule has 2 heteroatoms. The molecular weight excluding hydrogens is 258 g/mol. The molecule has 0 saturated carbocycles. The van der Waals surface area contributed by atoms with Crippen molar-refractivity contribution in [1.29, 1.82) is 0 Å². The quantitative estimate of drug-likeness (QED) is 0.812. The highest BCUT2D eigenvalue weighted by Crippen LogP contribution is 2.10. The van der Waals surface area contributed by atoms with E-state index in [1.807, 2.05) is 12.1 Å². The first-order valence-corrected chi connectivity index (χ1v) is 7.64. The van der Waals surface area contributed by atoms with E-state index in [9.17, 15) is 0 Å². The molecule has 0 fully saturated rings. The molecule has 0 radical (unpaired) electrons. The predicted molar refractivity (Wildman–Crippen MR) is 87.9 cm³/mol. The lowest BCUT2D eigenvalue weighted by atomic mass is 10.0. The molecule has 0 amide bonds. The van der Waals surface area contributed by atoms with Gasteiger partial charge in [-0.05, 0) is 34.6 Å². The van der Waals surface area contributed by atoms with E-state index >= 15 is 0 Å². The number of rotatable bonds is 7. The van der Waals surface area contributed by atoms with E-state index in [0.29, 0.717) is 5.92 Å². The van der Waals surface area contributed by atoms with E-state index in [-0.39, 0.29) is 6.61 Å². The average molecular weight is 283 g/mol. The fraction of sp³-hybridized carbons (Fsp3) is 0.368. The Morgan fingerprint density at radius 3 is 1.62 bits per heavy atom. The van der Waals surface area contributed by atoms with Crippen molar-refractivity contribution in [3.63, 3.8) is 0 Å². The maximum atomic E-state index is 9.01. The van der Waals surface area contributed by atoms with Crippen LogP contribution in [0.2, 0.25) is 0 Å². The van der Waals surface area contributed by atoms with Crippen LogP contribution in [-0.2, 0) is 26.1 Å². The Hall–Kier alpha value is -1.64. The summed E-state index contributed by atoms with van der Waals surface area (Å²) in [6.45, 7) is 6.33. The Labute approximate surface area is 127 Å². The molecule has 0 aromatic heterocycles. The van der Waals surface area contributed by atoms with Crippen LogP contribution < -0.4 is 5.32 Å². The van der Waals surface area contributed by atoms with Crippen molar-refractivity contribution in [1.82, 2.24) is 5.32 Å². The van der Waals surface area contributed by atoms with Gasteiger partial charge < -0.3 is 10.4 Å². The molecule has 2 aromatic carbocycles. The smallest absolute Gasteiger partial charge is 0.0681 e. The van der Waals surface area contributed by atoms with Crippen molar-refractivity contribution >= 4 is 0 Å². The summed E-state index contributed by atoms with van der Waals surface area (Å²) in [5, 5.41) is 12.5. The van der Waals surface area contributed by atoms with Crippen LogP contribution in [-0.4, -0.2) is 5.11 Å². The molecule has 0 bridgehead atoms. The van der Waals surface area contributed by atoms with Gasteiger partial charge in [0.2, 0.25) is 0 Å². The van der Waals surface area contributed by atoms with E-state index < -0.39 is 0 Å². The second-order valence-corrected chi connectivity index (χ2v) is 5.99. The third-order valence-corrected chi connectivity index (χ3v) is 3.53. The SMILES string of the molecule is CC(C)Cc1ccc(CNCc2ccc(CO)cc2)cc1. The molecule has 2 N–H and O–H groups in total. The van der Waals surface area contributed by atoms with Gasteiger partial charge in [-0.25, -0.2) is 0 Å². The number of benzene rings is 2. The molecular formula is C19H25NO. The van der Waals surface area contributed by atoms with Crippen LogP contribution in [0.15, 0.2) is 48.5 Å². The maximum absolute atomic E-state index is 9.01. The second-order valence-electron chi connectivity index (χ2n) is 5.99. The summed E-state index contributed by atoms with van der Waals surface area (Å²) >= 11 is 0. The van der Waals surface area contributed by atoms with Crippen molar-refractivity contribution in [3.05, 3.63) is 70.8 Å². The molecule has 112 valence electrons. The molecule has 2 aromatic rings. The minimum atomic E-state index is 0.108. The number of nitrogens with one attached hydrogen (secondary N) is 1. The van der Waals surface area contributed by atoms with E-state index in [1.165, 1.54) is 16.7 Å². The predicted octanol–water partition coefficient (Wildman–Crippen LogP) is 3.67. The maximum Gasteiger partial charge on any atom is 0.0681 e. The van der Waals surface area contributed by atoms with Crippen molar-refractivity contribution in [3.8, 4) is 0 Å². The lowest BCUT2D eigenvalue weighted by molar-refractivity contribution is 0.282. The van der Waals surface area contributed by atoms with Crippen molar-refractivity contribution in [2.24, 2.45) is 5.92 Å². The molecule has 2 nitrogen and oxygen atoms in total. The summed E-state index contributed by atoms with van der Waals surface area (Å²) in [7, 11) is 0. The van der Waals surface area contributed by atoms with Crippen LogP contribution >= 0.6 is 0 Å². The van der Waals surface area contributed by atoms with Gasteiger partial charge in [0.1, 0.15) is 0 Å². The molecule has 0 atom stereocenters. The minimum absolute atomic E-state index is 0.108. The highest BCUT2D eigenvalue weighted by molar-refractivity contribution is 5.24. The summed E-state index contributed by atoms with van der Waals surface area (Å²) in [5.41, 5.74) is 4.92. The third kappa shape index (κ3) is 5.33. The topological polar surface area (TPSA) is 32.3 Å². The molecule has 21 heavy (non-hydrogen) atoms. The molecule has 0 saturated heterocycles. The van der Waals surface area contributed by atoms with E-state index in [4.69, 9.17) is 5.11 Å². The largest absolute Gasteiger partial charge is 0.392 e. The van der Waals surface area contributed by atoms with Crippen LogP contribution in [0.1, 0.15) is 36.1 Å². The normalized spacial score (nSPS) is 11.0. The van der Waals surface area contributed by atoms with Gasteiger partial charge in [-0.2, -0.15) is 0 Å². The van der Waals surface area contributed by atoms with Gasteiger partial charge in [-0.3, -0.25) is 0 Å². The molecule has 2 rings (SSSR count). The zero-order chi connectivity index (χ0) is 15.1. The first kappa shape index (κ1) is 15.7. The van der Waals surface area contributed by atoms with Gasteiger partial charge in [0, 0.05) is 13.1 Å².